The van der Waals surface area contributed by atoms with Crippen molar-refractivity contribution in [3.05, 3.63) is 355 Å². The molecule has 0 atom stereocenters. The first-order valence-electron chi connectivity index (χ1n) is 39.9. The first kappa shape index (κ1) is 95.5. The molecule has 0 unspecified atom stereocenters. The number of nitrogens with zero attached hydrogens (tertiary/aromatic N) is 12. The zero-order valence-electron chi connectivity index (χ0n) is 70.6. The summed E-state index contributed by atoms with van der Waals surface area (Å²) in [7, 11) is 0. The molecule has 0 aliphatic rings. The fraction of sp³-hybridized carbons (Fsp3) is 0.0625. The standard InChI is InChI=1S/C96H66N12O30/c109-85(110)49-25-50(86(111)112)32-67(31-49)103-97-61-1-13-73(14-2-61)133-43-79-80(44-134-74-15-3-62(4-16-74)98-104-68-33-51(87(113)114)26-52(34-68)88(115)116)82(46-136-76-19-7-64(8-20-76)100-106-70-37-55(91(121)122)28-56(38-70)92(123)124)84(48-138-78-23-11-66(12-24-78)102-108-72-41-59(95(129)130)30-60(42-72)96(131)132)83(47-137-77-21-9-65(10-22-77)101-107-71-39-57(93(125)126)29-58(40-71)94(127)128)81(79)45-135-75-17-5-63(6-18-75)99-105-69-35-53(89(117)118)27-54(36-69)90(119)120/h1-42H,43-48H2,(H,109,110)(H,111,112)(H,113,114)(H,115,116)(H,117,118)(H,119,120)(H,121,122)(H,123,124)(H,125,126)(H,127,128)(H,129,130)(H,131,132)/b103-97+,104-98+,105-99+,106-100+,107-101+,108-102+. The van der Waals surface area contributed by atoms with Crippen molar-refractivity contribution in [2.45, 2.75) is 39.6 Å². The van der Waals surface area contributed by atoms with Crippen LogP contribution in [0.5, 0.6) is 34.5 Å². The summed E-state index contributed by atoms with van der Waals surface area (Å²) in [6.45, 7) is -2.68. The predicted molar refractivity (Wildman–Crippen MR) is 478 cm³/mol. The summed E-state index contributed by atoms with van der Waals surface area (Å²) in [4.78, 5) is 145. The van der Waals surface area contributed by atoms with Gasteiger partial charge in [0, 0.05) is 33.4 Å². The number of carboxylic acids is 12. The Hall–Kier alpha value is -20.1. The van der Waals surface area contributed by atoms with Crippen LogP contribution in [0.2, 0.25) is 0 Å². The zero-order valence-corrected chi connectivity index (χ0v) is 70.6. The van der Waals surface area contributed by atoms with E-state index in [-0.39, 0.29) is 203 Å². The predicted octanol–water partition coefficient (Wildman–Crippen LogP) is 22.0. The van der Waals surface area contributed by atoms with Crippen molar-refractivity contribution in [1.29, 1.82) is 0 Å². The summed E-state index contributed by atoms with van der Waals surface area (Å²) >= 11 is 0. The molecule has 12 N–H and O–H groups in total. The van der Waals surface area contributed by atoms with Crippen molar-refractivity contribution in [3.8, 4) is 34.5 Å². The van der Waals surface area contributed by atoms with Crippen molar-refractivity contribution in [2.24, 2.45) is 61.4 Å². The van der Waals surface area contributed by atoms with E-state index in [0.717, 1.165) is 109 Å². The normalized spacial score (nSPS) is 11.3. The zero-order chi connectivity index (χ0) is 98.4. The van der Waals surface area contributed by atoms with E-state index in [1.807, 2.05) is 0 Å². The molecule has 690 valence electrons. The van der Waals surface area contributed by atoms with Crippen LogP contribution in [0.25, 0.3) is 0 Å². The number of azo groups is 6. The highest BCUT2D eigenvalue weighted by Gasteiger charge is 2.29. The first-order valence-corrected chi connectivity index (χ1v) is 39.9. The van der Waals surface area contributed by atoms with Gasteiger partial charge in [0.15, 0.2) is 0 Å². The van der Waals surface area contributed by atoms with Gasteiger partial charge in [-0.15, -0.1) is 0 Å². The molecule has 0 bridgehead atoms. The number of rotatable bonds is 42. The average molecular weight is 1870 g/mol. The van der Waals surface area contributed by atoms with E-state index in [2.05, 4.69) is 61.4 Å². The Morgan fingerprint density at radius 1 is 0.145 bits per heavy atom. The minimum absolute atomic E-state index is 0.120. The number of hydrogen-bond acceptors (Lipinski definition) is 30. The van der Waals surface area contributed by atoms with Gasteiger partial charge in [-0.3, -0.25) is 0 Å². The van der Waals surface area contributed by atoms with Crippen LogP contribution in [-0.4, -0.2) is 133 Å². The molecule has 0 aliphatic carbocycles. The van der Waals surface area contributed by atoms with Gasteiger partial charge < -0.3 is 89.7 Å². The van der Waals surface area contributed by atoms with E-state index in [9.17, 15) is 119 Å². The Kier molecular flexibility index (Phi) is 30.1. The lowest BCUT2D eigenvalue weighted by atomic mass is 9.87. The molecular weight excluding hydrogens is 1800 g/mol. The molecule has 13 rings (SSSR count). The molecule has 13 aromatic carbocycles. The summed E-state index contributed by atoms with van der Waals surface area (Å²) in [5, 5.41) is 168. The molecule has 13 aromatic rings. The number of benzene rings is 13. The largest absolute Gasteiger partial charge is 0.489 e. The third-order valence-electron chi connectivity index (χ3n) is 19.7. The Balaban J connectivity index is 0.984. The maximum Gasteiger partial charge on any atom is 0.335 e. The molecule has 0 saturated carbocycles. The van der Waals surface area contributed by atoms with Gasteiger partial charge in [0.25, 0.3) is 0 Å². The van der Waals surface area contributed by atoms with Crippen molar-refractivity contribution in [3.63, 3.8) is 0 Å². The van der Waals surface area contributed by atoms with Crippen LogP contribution in [0, 0.1) is 0 Å². The average Bonchev–Trinajstić information content (AvgIpc) is 0.757. The van der Waals surface area contributed by atoms with E-state index in [1.165, 1.54) is 146 Å². The Morgan fingerprint density at radius 3 is 0.333 bits per heavy atom. The van der Waals surface area contributed by atoms with Gasteiger partial charge in [-0.05, 0) is 255 Å². The second-order valence-electron chi connectivity index (χ2n) is 29.0. The maximum absolute atomic E-state index is 12.0. The van der Waals surface area contributed by atoms with E-state index in [1.54, 1.807) is 0 Å². The highest BCUT2D eigenvalue weighted by atomic mass is 16.5. The Labute approximate surface area is 774 Å². The molecule has 138 heavy (non-hydrogen) atoms. The van der Waals surface area contributed by atoms with Crippen LogP contribution < -0.4 is 28.4 Å². The monoisotopic (exact) mass is 1870 g/mol. The van der Waals surface area contributed by atoms with Gasteiger partial charge >= 0.3 is 71.6 Å². The lowest BCUT2D eigenvalue weighted by Crippen LogP contribution is -2.21. The van der Waals surface area contributed by atoms with Crippen LogP contribution in [0.1, 0.15) is 158 Å². The molecule has 0 radical (unpaired) electrons. The van der Waals surface area contributed by atoms with Crippen LogP contribution in [0.15, 0.2) is 316 Å². The quantitative estimate of drug-likeness (QED) is 0.0158. The van der Waals surface area contributed by atoms with Crippen LogP contribution >= 0.6 is 0 Å². The number of ether oxygens (including phenoxy) is 6. The molecule has 42 heteroatoms. The number of aromatic carboxylic acids is 12. The highest BCUT2D eigenvalue weighted by Crippen LogP contribution is 2.39. The van der Waals surface area contributed by atoms with Crippen molar-refractivity contribution in [2.75, 3.05) is 0 Å². The molecule has 0 spiro atoms. The summed E-state index contributed by atoms with van der Waals surface area (Å²) in [5.41, 5.74) is -2.71. The highest BCUT2D eigenvalue weighted by molar-refractivity contribution is 6.00. The third kappa shape index (κ3) is 25.7. The molecule has 0 aromatic heterocycles. The third-order valence-corrected chi connectivity index (χ3v) is 19.7. The lowest BCUT2D eigenvalue weighted by Gasteiger charge is -2.27. The summed E-state index contributed by atoms with van der Waals surface area (Å²) < 4.78 is 40.8. The van der Waals surface area contributed by atoms with Crippen molar-refractivity contribution in [1.82, 2.24) is 0 Å². The molecule has 0 aliphatic heterocycles. The number of carbonyl (C=O) groups is 12. The van der Waals surface area contributed by atoms with Gasteiger partial charge in [-0.25, -0.2) is 57.5 Å². The van der Waals surface area contributed by atoms with Gasteiger partial charge in [-0.2, -0.15) is 61.4 Å². The van der Waals surface area contributed by atoms with E-state index in [4.69, 9.17) is 28.4 Å². The first-order chi connectivity index (χ1) is 66.1. The minimum atomic E-state index is -1.44. The topological polar surface area (TPSA) is 651 Å². The maximum atomic E-state index is 12.0. The van der Waals surface area contributed by atoms with Gasteiger partial charge in [0.1, 0.15) is 74.1 Å². The fourth-order valence-electron chi connectivity index (χ4n) is 12.9. The lowest BCUT2D eigenvalue weighted by molar-refractivity contribution is 0.0676. The summed E-state index contributed by atoms with van der Waals surface area (Å²) in [6.07, 6.45) is 0. The SMILES string of the molecule is O=C(O)c1cc(/N=N/c2ccc(OCc3c(COc4ccc(/N=N/c5cc(C(=O)O)cc(C(=O)O)c5)cc4)c(COc4ccc(/N=N/c5cc(C(=O)O)cc(C(=O)O)c5)cc4)c(COc4ccc(/N=N/c5cc(C(=O)O)cc(C(=O)O)c5)cc4)c(COc4ccc(/N=N/c5cc(C(=O)O)cc(C(=O)O)c5)cc4)c3COc3ccc(/N=N/c4cc(C(=O)O)cc(C(=O)O)c4)cc3)cc2)cc(C(=O)O)c1. The molecule has 0 saturated heterocycles. The Morgan fingerprint density at radius 2 is 0.239 bits per heavy atom. The second-order valence-corrected chi connectivity index (χ2v) is 29.0. The minimum Gasteiger partial charge on any atom is -0.489 e. The summed E-state index contributed by atoms with van der Waals surface area (Å²) in [5.74, 6) is -16.3. The van der Waals surface area contributed by atoms with E-state index in [0.29, 0.717) is 0 Å². The van der Waals surface area contributed by atoms with Gasteiger partial charge in [0.05, 0.1) is 135 Å². The smallest absolute Gasteiger partial charge is 0.335 e. The summed E-state index contributed by atoms with van der Waals surface area (Å²) in [6, 6.07) is 54.7. The van der Waals surface area contributed by atoms with Crippen LogP contribution in [0.3, 0.4) is 0 Å². The molecule has 0 amide bonds. The molecule has 0 fully saturated rings. The number of carboxylic acid groups (broad SMARTS) is 12. The molecular formula is C96H66N12O30. The van der Waals surface area contributed by atoms with Crippen molar-refractivity contribution < 1.29 is 147 Å². The van der Waals surface area contributed by atoms with Crippen LogP contribution in [-0.2, 0) is 39.6 Å². The van der Waals surface area contributed by atoms with Gasteiger partial charge in [0.2, 0.25) is 0 Å². The van der Waals surface area contributed by atoms with Gasteiger partial charge in [-0.1, -0.05) is 0 Å². The second kappa shape index (κ2) is 43.5. The Bertz CT molecular complexity index is 5900. The van der Waals surface area contributed by atoms with Crippen molar-refractivity contribution >= 4 is 140 Å². The molecule has 42 nitrogen and oxygen atoms in total. The molecule has 0 heterocycles. The van der Waals surface area contributed by atoms with E-state index >= 15 is 0 Å². The van der Waals surface area contributed by atoms with E-state index < -0.39 is 111 Å². The number of hydrogen-bond donors (Lipinski definition) is 12. The van der Waals surface area contributed by atoms with Crippen LogP contribution in [0.4, 0.5) is 68.2 Å². The fourth-order valence-corrected chi connectivity index (χ4v) is 12.9.